The van der Waals surface area contributed by atoms with Crippen LogP contribution in [-0.2, 0) is 9.59 Å². The summed E-state index contributed by atoms with van der Waals surface area (Å²) in [4.78, 5) is 34.3. The van der Waals surface area contributed by atoms with Gasteiger partial charge in [0.05, 0.1) is 0 Å². The lowest BCUT2D eigenvalue weighted by Crippen LogP contribution is -2.22. The van der Waals surface area contributed by atoms with Crippen molar-refractivity contribution >= 4 is 40.8 Å². The first-order valence-corrected chi connectivity index (χ1v) is 8.41. The molecule has 136 valence electrons. The normalized spacial score (nSPS) is 10.2. The highest BCUT2D eigenvalue weighted by Gasteiger charge is 2.10. The van der Waals surface area contributed by atoms with Gasteiger partial charge in [-0.1, -0.05) is 17.7 Å². The van der Waals surface area contributed by atoms with Gasteiger partial charge < -0.3 is 20.5 Å². The smallest absolute Gasteiger partial charge is 0.255 e. The number of aliphatic carboxylic acids is 1. The van der Waals surface area contributed by atoms with Gasteiger partial charge in [-0.05, 0) is 61.7 Å². The molecule has 0 unspecified atom stereocenters. The van der Waals surface area contributed by atoms with Crippen LogP contribution >= 0.6 is 11.6 Å². The molecule has 2 aromatic carbocycles. The van der Waals surface area contributed by atoms with Crippen LogP contribution in [0.3, 0.4) is 0 Å². The number of halogens is 1. The highest BCUT2D eigenvalue weighted by atomic mass is 35.5. The number of amides is 2. The summed E-state index contributed by atoms with van der Waals surface area (Å²) in [5, 5.41) is 16.3. The lowest BCUT2D eigenvalue weighted by atomic mass is 10.1. The van der Waals surface area contributed by atoms with Gasteiger partial charge in [0.2, 0.25) is 5.91 Å². The van der Waals surface area contributed by atoms with Crippen LogP contribution in [0.1, 0.15) is 35.2 Å². The number of nitrogens with one attached hydrogen (secondary N) is 2. The van der Waals surface area contributed by atoms with Gasteiger partial charge in [-0.3, -0.25) is 9.59 Å². The molecule has 0 saturated carbocycles. The molecule has 0 heterocycles. The van der Waals surface area contributed by atoms with Crippen LogP contribution in [0.2, 0.25) is 5.02 Å². The van der Waals surface area contributed by atoms with Crippen LogP contribution in [0.25, 0.3) is 0 Å². The lowest BCUT2D eigenvalue weighted by molar-refractivity contribution is -0.305. The molecule has 0 radical (unpaired) electrons. The van der Waals surface area contributed by atoms with Gasteiger partial charge in [-0.2, -0.15) is 0 Å². The molecule has 0 saturated heterocycles. The Kier molecular flexibility index (Phi) is 6.74. The van der Waals surface area contributed by atoms with Gasteiger partial charge in [0.15, 0.2) is 0 Å². The van der Waals surface area contributed by atoms with Gasteiger partial charge in [0, 0.05) is 34.4 Å². The fraction of sp³-hybridized carbons (Fsp3) is 0.211. The Balaban J connectivity index is 1.94. The van der Waals surface area contributed by atoms with Gasteiger partial charge >= 0.3 is 0 Å². The van der Waals surface area contributed by atoms with E-state index in [0.29, 0.717) is 22.0 Å². The Hall–Kier alpha value is -2.86. The molecule has 0 bridgehead atoms. The predicted molar refractivity (Wildman–Crippen MR) is 98.1 cm³/mol. The zero-order valence-corrected chi connectivity index (χ0v) is 14.9. The van der Waals surface area contributed by atoms with Gasteiger partial charge in [0.1, 0.15) is 0 Å². The highest BCUT2D eigenvalue weighted by Crippen LogP contribution is 2.23. The average Bonchev–Trinajstić information content (AvgIpc) is 2.59. The maximum absolute atomic E-state index is 12.3. The van der Waals surface area contributed by atoms with Crippen molar-refractivity contribution in [2.24, 2.45) is 0 Å². The van der Waals surface area contributed by atoms with E-state index in [2.05, 4.69) is 10.6 Å². The van der Waals surface area contributed by atoms with Crippen molar-refractivity contribution < 1.29 is 19.5 Å². The Morgan fingerprint density at radius 1 is 1.00 bits per heavy atom. The summed E-state index contributed by atoms with van der Waals surface area (Å²) >= 11 is 6.04. The van der Waals surface area contributed by atoms with Crippen LogP contribution in [0.4, 0.5) is 11.4 Å². The van der Waals surface area contributed by atoms with E-state index >= 15 is 0 Å². The minimum absolute atomic E-state index is 0.0876. The van der Waals surface area contributed by atoms with Crippen molar-refractivity contribution in [1.82, 2.24) is 0 Å². The largest absolute Gasteiger partial charge is 0.550 e. The van der Waals surface area contributed by atoms with Crippen molar-refractivity contribution in [2.45, 2.75) is 26.2 Å². The molecule has 2 amide bonds. The summed E-state index contributed by atoms with van der Waals surface area (Å²) in [6.45, 7) is 1.82. The predicted octanol–water partition coefficient (Wildman–Crippen LogP) is 2.76. The number of rotatable bonds is 7. The van der Waals surface area contributed by atoms with Crippen LogP contribution in [0, 0.1) is 6.92 Å². The van der Waals surface area contributed by atoms with Crippen molar-refractivity contribution in [3.8, 4) is 0 Å². The van der Waals surface area contributed by atoms with E-state index in [4.69, 9.17) is 11.6 Å². The molecule has 26 heavy (non-hydrogen) atoms. The number of hydrogen-bond donors (Lipinski definition) is 2. The lowest BCUT2D eigenvalue weighted by Gasteiger charge is -2.10. The molecule has 0 aliphatic carbocycles. The summed E-state index contributed by atoms with van der Waals surface area (Å²) in [7, 11) is 0. The molecule has 0 aliphatic rings. The summed E-state index contributed by atoms with van der Waals surface area (Å²) in [5.74, 6) is -1.76. The van der Waals surface area contributed by atoms with Gasteiger partial charge in [0.25, 0.3) is 5.91 Å². The summed E-state index contributed by atoms with van der Waals surface area (Å²) in [5.41, 5.74) is 2.37. The first-order valence-electron chi connectivity index (χ1n) is 8.03. The second kappa shape index (κ2) is 9.01. The number of carboxylic acid groups (broad SMARTS) is 1. The molecular weight excluding hydrogens is 356 g/mol. The van der Waals surface area contributed by atoms with Gasteiger partial charge in [-0.15, -0.1) is 0 Å². The van der Waals surface area contributed by atoms with Crippen molar-refractivity contribution in [1.29, 1.82) is 0 Å². The molecule has 0 spiro atoms. The molecule has 0 atom stereocenters. The molecule has 2 N–H and O–H groups in total. The van der Waals surface area contributed by atoms with E-state index in [1.165, 1.54) is 0 Å². The number of anilines is 2. The second-order valence-electron chi connectivity index (χ2n) is 5.72. The Bertz CT molecular complexity index is 819. The first kappa shape index (κ1) is 19.5. The zero-order chi connectivity index (χ0) is 19.1. The Labute approximate surface area is 156 Å². The molecule has 0 aromatic heterocycles. The minimum Gasteiger partial charge on any atom is -0.550 e. The molecule has 2 aromatic rings. The van der Waals surface area contributed by atoms with Crippen LogP contribution in [0.15, 0.2) is 42.5 Å². The monoisotopic (exact) mass is 373 g/mol. The van der Waals surface area contributed by atoms with Crippen LogP contribution in [0.5, 0.6) is 0 Å². The zero-order valence-electron chi connectivity index (χ0n) is 14.2. The van der Waals surface area contributed by atoms with E-state index in [9.17, 15) is 19.5 Å². The molecule has 0 aliphatic heterocycles. The van der Waals surface area contributed by atoms with Crippen molar-refractivity contribution in [2.75, 3.05) is 10.6 Å². The third-order valence-corrected chi connectivity index (χ3v) is 4.14. The van der Waals surface area contributed by atoms with Crippen molar-refractivity contribution in [3.05, 3.63) is 58.6 Å². The topological polar surface area (TPSA) is 98.3 Å². The number of carboxylic acids is 1. The molecule has 7 heteroatoms. The SMILES string of the molecule is Cc1c(Cl)cccc1NC(=O)c1ccc(NC(=O)CCCC(=O)[O-])cc1. The molecular formula is C19H18ClN2O4-. The fourth-order valence-corrected chi connectivity index (χ4v) is 2.43. The highest BCUT2D eigenvalue weighted by molar-refractivity contribution is 6.31. The molecule has 0 fully saturated rings. The van der Waals surface area contributed by atoms with E-state index in [-0.39, 0.29) is 31.1 Å². The molecule has 2 rings (SSSR count). The van der Waals surface area contributed by atoms with E-state index in [1.54, 1.807) is 42.5 Å². The van der Waals surface area contributed by atoms with Crippen LogP contribution in [-0.4, -0.2) is 17.8 Å². The molecule has 6 nitrogen and oxygen atoms in total. The number of carbonyl (C=O) groups excluding carboxylic acids is 3. The number of benzene rings is 2. The third kappa shape index (κ3) is 5.60. The Morgan fingerprint density at radius 3 is 2.35 bits per heavy atom. The number of hydrogen-bond acceptors (Lipinski definition) is 4. The quantitative estimate of drug-likeness (QED) is 0.779. The average molecular weight is 374 g/mol. The van der Waals surface area contributed by atoms with E-state index < -0.39 is 5.97 Å². The number of carbonyl (C=O) groups is 3. The van der Waals surface area contributed by atoms with Gasteiger partial charge in [-0.25, -0.2) is 0 Å². The summed E-state index contributed by atoms with van der Waals surface area (Å²) in [6, 6.07) is 11.7. The Morgan fingerprint density at radius 2 is 1.69 bits per heavy atom. The fourth-order valence-electron chi connectivity index (χ4n) is 2.26. The van der Waals surface area contributed by atoms with Crippen LogP contribution < -0.4 is 15.7 Å². The van der Waals surface area contributed by atoms with E-state index in [1.807, 2.05) is 6.92 Å². The maximum atomic E-state index is 12.3. The standard InChI is InChI=1S/C19H19ClN2O4/c1-12-15(20)4-2-5-16(12)22-19(26)13-8-10-14(11-9-13)21-17(23)6-3-7-18(24)25/h2,4-5,8-11H,3,6-7H2,1H3,(H,21,23)(H,22,26)(H,24,25)/p-1. The first-order chi connectivity index (χ1) is 12.4. The summed E-state index contributed by atoms with van der Waals surface area (Å²) in [6.07, 6.45) is 0.146. The van der Waals surface area contributed by atoms with Crippen molar-refractivity contribution in [3.63, 3.8) is 0 Å². The minimum atomic E-state index is -1.18. The second-order valence-corrected chi connectivity index (χ2v) is 6.12. The maximum Gasteiger partial charge on any atom is 0.255 e. The van der Waals surface area contributed by atoms with E-state index in [0.717, 1.165) is 5.56 Å². The third-order valence-electron chi connectivity index (χ3n) is 3.73. The summed E-state index contributed by atoms with van der Waals surface area (Å²) < 4.78 is 0.